The highest BCUT2D eigenvalue weighted by molar-refractivity contribution is 5.94. The van der Waals surface area contributed by atoms with Crippen LogP contribution in [0.5, 0.6) is 0 Å². The van der Waals surface area contributed by atoms with Crippen molar-refractivity contribution < 1.29 is 13.9 Å². The van der Waals surface area contributed by atoms with Gasteiger partial charge in [-0.05, 0) is 37.1 Å². The van der Waals surface area contributed by atoms with Gasteiger partial charge in [0.05, 0.1) is 36.5 Å². The predicted molar refractivity (Wildman–Crippen MR) is 134 cm³/mol. The Labute approximate surface area is 212 Å². The summed E-state index contributed by atoms with van der Waals surface area (Å²) in [4.78, 5) is 34.9. The number of hydrogen-bond donors (Lipinski definition) is 1. The molecule has 1 amide bonds. The Kier molecular flexibility index (Phi) is 6.08. The summed E-state index contributed by atoms with van der Waals surface area (Å²) < 4.78 is 20.7. The van der Waals surface area contributed by atoms with Crippen LogP contribution < -0.4 is 10.6 Å². The summed E-state index contributed by atoms with van der Waals surface area (Å²) in [5.41, 5.74) is 8.35. The Bertz CT molecular complexity index is 1410. The summed E-state index contributed by atoms with van der Waals surface area (Å²) >= 11 is 0. The third-order valence-corrected chi connectivity index (χ3v) is 6.87. The van der Waals surface area contributed by atoms with Gasteiger partial charge in [0.25, 0.3) is 5.91 Å². The number of aromatic nitrogens is 6. The fourth-order valence-electron chi connectivity index (χ4n) is 4.86. The first-order valence-corrected chi connectivity index (χ1v) is 12.3. The monoisotopic (exact) mass is 503 g/mol. The van der Waals surface area contributed by atoms with Gasteiger partial charge in [0.15, 0.2) is 5.65 Å². The van der Waals surface area contributed by atoms with Crippen molar-refractivity contribution >= 4 is 28.8 Å². The largest absolute Gasteiger partial charge is 0.378 e. The number of amides is 1. The predicted octanol–water partition coefficient (Wildman–Crippen LogP) is 2.32. The molecule has 0 saturated carbocycles. The lowest BCUT2D eigenvalue weighted by Crippen LogP contribution is -2.39. The number of rotatable bonds is 4. The van der Waals surface area contributed by atoms with Gasteiger partial charge in [-0.2, -0.15) is 10.1 Å². The van der Waals surface area contributed by atoms with Crippen LogP contribution in [0, 0.1) is 5.82 Å². The van der Waals surface area contributed by atoms with Crippen LogP contribution in [0.15, 0.2) is 42.9 Å². The molecule has 3 aromatic heterocycles. The molecule has 2 aliphatic rings. The summed E-state index contributed by atoms with van der Waals surface area (Å²) in [6.45, 7) is 3.76. The van der Waals surface area contributed by atoms with Gasteiger partial charge in [-0.25, -0.2) is 24.0 Å². The van der Waals surface area contributed by atoms with E-state index in [0.29, 0.717) is 56.6 Å². The fraction of sp³-hybridized carbons (Fsp3) is 0.360. The van der Waals surface area contributed by atoms with Crippen LogP contribution in [-0.4, -0.2) is 79.9 Å². The van der Waals surface area contributed by atoms with E-state index < -0.39 is 0 Å². The summed E-state index contributed by atoms with van der Waals surface area (Å²) in [5, 5.41) is 5.51. The van der Waals surface area contributed by atoms with Crippen LogP contribution in [0.3, 0.4) is 0 Å². The van der Waals surface area contributed by atoms with E-state index in [1.807, 2.05) is 4.68 Å². The highest BCUT2D eigenvalue weighted by Gasteiger charge is 2.28. The normalized spacial score (nSPS) is 16.9. The van der Waals surface area contributed by atoms with Crippen molar-refractivity contribution in [3.8, 4) is 11.3 Å². The summed E-state index contributed by atoms with van der Waals surface area (Å²) in [6.07, 6.45) is 6.54. The number of hydrogen-bond acceptors (Lipinski definition) is 9. The van der Waals surface area contributed by atoms with Crippen molar-refractivity contribution in [2.75, 3.05) is 50.0 Å². The van der Waals surface area contributed by atoms with Crippen molar-refractivity contribution in [2.45, 2.75) is 18.9 Å². The second kappa shape index (κ2) is 9.69. The molecule has 0 bridgehead atoms. The Morgan fingerprint density at radius 3 is 2.38 bits per heavy atom. The van der Waals surface area contributed by atoms with E-state index >= 15 is 0 Å². The summed E-state index contributed by atoms with van der Waals surface area (Å²) in [5.74, 6) is 0.351. The number of fused-ring (bicyclic) bond motifs is 1. The average molecular weight is 504 g/mol. The van der Waals surface area contributed by atoms with Crippen LogP contribution in [0.2, 0.25) is 0 Å². The third kappa shape index (κ3) is 4.55. The van der Waals surface area contributed by atoms with E-state index in [2.05, 4.69) is 14.9 Å². The van der Waals surface area contributed by atoms with Crippen LogP contribution in [0.1, 0.15) is 29.2 Å². The van der Waals surface area contributed by atoms with Gasteiger partial charge in [0.1, 0.15) is 5.82 Å². The summed E-state index contributed by atoms with van der Waals surface area (Å²) in [7, 11) is 0. The number of likely N-dealkylation sites (tertiary alicyclic amines) is 1. The zero-order chi connectivity index (χ0) is 25.4. The van der Waals surface area contributed by atoms with Crippen molar-refractivity contribution in [1.82, 2.24) is 34.6 Å². The van der Waals surface area contributed by atoms with Gasteiger partial charge in [0.2, 0.25) is 11.9 Å². The van der Waals surface area contributed by atoms with E-state index in [1.54, 1.807) is 23.5 Å². The lowest BCUT2D eigenvalue weighted by Gasteiger charge is -2.32. The first kappa shape index (κ1) is 23.2. The quantitative estimate of drug-likeness (QED) is 0.446. The van der Waals surface area contributed by atoms with Crippen LogP contribution in [0.25, 0.3) is 22.3 Å². The van der Waals surface area contributed by atoms with Crippen molar-refractivity contribution in [3.63, 3.8) is 0 Å². The molecule has 0 spiro atoms. The van der Waals surface area contributed by atoms with E-state index in [1.165, 1.54) is 24.3 Å². The number of carbonyl (C=O) groups is 1. The maximum absolute atomic E-state index is 13.3. The standard InChI is InChI=1S/C25H26FN9O2/c26-18-3-1-16(2-4-18)23(36)33-7-5-19(6-8-33)35-22-20(15-30-35)21(17-13-28-24(27)29-14-17)31-25(32-22)34-9-11-37-12-10-34/h1-4,13-15,19H,5-12H2,(H2,27,28,29). The molecule has 0 unspecified atom stereocenters. The van der Waals surface area contributed by atoms with E-state index in [9.17, 15) is 9.18 Å². The molecular weight excluding hydrogens is 477 g/mol. The van der Waals surface area contributed by atoms with Crippen molar-refractivity contribution in [1.29, 1.82) is 0 Å². The smallest absolute Gasteiger partial charge is 0.253 e. The van der Waals surface area contributed by atoms with Crippen LogP contribution in [-0.2, 0) is 4.74 Å². The van der Waals surface area contributed by atoms with Gasteiger partial charge < -0.3 is 20.3 Å². The molecule has 12 heteroatoms. The fourth-order valence-corrected chi connectivity index (χ4v) is 4.86. The van der Waals surface area contributed by atoms with Crippen molar-refractivity contribution in [3.05, 3.63) is 54.2 Å². The molecule has 2 fully saturated rings. The molecule has 6 rings (SSSR count). The molecule has 11 nitrogen and oxygen atoms in total. The number of halogens is 1. The maximum atomic E-state index is 13.3. The molecule has 2 aliphatic heterocycles. The zero-order valence-corrected chi connectivity index (χ0v) is 20.1. The van der Waals surface area contributed by atoms with E-state index in [-0.39, 0.29) is 23.7 Å². The highest BCUT2D eigenvalue weighted by Crippen LogP contribution is 2.32. The molecule has 0 aliphatic carbocycles. The van der Waals surface area contributed by atoms with Gasteiger partial charge >= 0.3 is 0 Å². The number of anilines is 2. The molecular formula is C25H26FN9O2. The molecule has 0 atom stereocenters. The lowest BCUT2D eigenvalue weighted by molar-refractivity contribution is 0.0691. The van der Waals surface area contributed by atoms with E-state index in [0.717, 1.165) is 29.4 Å². The highest BCUT2D eigenvalue weighted by atomic mass is 19.1. The number of ether oxygens (including phenoxy) is 1. The van der Waals surface area contributed by atoms with Crippen molar-refractivity contribution in [2.24, 2.45) is 0 Å². The summed E-state index contributed by atoms with van der Waals surface area (Å²) in [6, 6.07) is 5.74. The SMILES string of the molecule is Nc1ncc(-c2nc(N3CCOCC3)nc3c2cnn3C2CCN(C(=O)c3ccc(F)cc3)CC2)cn1. The molecule has 4 aromatic rings. The second-order valence-electron chi connectivity index (χ2n) is 9.16. The van der Waals surface area contributed by atoms with Gasteiger partial charge in [-0.1, -0.05) is 0 Å². The second-order valence-corrected chi connectivity index (χ2v) is 9.16. The first-order chi connectivity index (χ1) is 18.1. The minimum atomic E-state index is -0.357. The molecule has 190 valence electrons. The molecule has 2 N–H and O–H groups in total. The molecule has 37 heavy (non-hydrogen) atoms. The number of benzene rings is 1. The van der Waals surface area contributed by atoms with Gasteiger partial charge in [-0.3, -0.25) is 4.79 Å². The number of nitrogens with zero attached hydrogens (tertiary/aromatic N) is 8. The third-order valence-electron chi connectivity index (χ3n) is 6.87. The van der Waals surface area contributed by atoms with Crippen LogP contribution in [0.4, 0.5) is 16.3 Å². The molecule has 2 saturated heterocycles. The van der Waals surface area contributed by atoms with Gasteiger partial charge in [-0.15, -0.1) is 0 Å². The average Bonchev–Trinajstić information content (AvgIpc) is 3.38. The topological polar surface area (TPSA) is 128 Å². The van der Waals surface area contributed by atoms with Gasteiger partial charge in [0, 0.05) is 49.7 Å². The lowest BCUT2D eigenvalue weighted by atomic mass is 10.0. The first-order valence-electron chi connectivity index (χ1n) is 12.3. The number of carbonyl (C=O) groups excluding carboxylic acids is 1. The minimum absolute atomic E-state index is 0.0673. The molecule has 5 heterocycles. The molecule has 1 aromatic carbocycles. The van der Waals surface area contributed by atoms with Crippen LogP contribution >= 0.6 is 0 Å². The Balaban J connectivity index is 1.30. The van der Waals surface area contributed by atoms with E-state index in [4.69, 9.17) is 25.5 Å². The number of nitrogen functional groups attached to an aromatic ring is 1. The maximum Gasteiger partial charge on any atom is 0.253 e. The zero-order valence-electron chi connectivity index (χ0n) is 20.1. The number of nitrogens with two attached hydrogens (primary N) is 1. The Hall–Kier alpha value is -4.19. The minimum Gasteiger partial charge on any atom is -0.378 e. The Morgan fingerprint density at radius 2 is 1.68 bits per heavy atom. The molecule has 0 radical (unpaired) electrons. The number of morpholine rings is 1. The number of piperidine rings is 1. The Morgan fingerprint density at radius 1 is 0.973 bits per heavy atom.